The van der Waals surface area contributed by atoms with Crippen LogP contribution in [-0.4, -0.2) is 31.6 Å². The number of hydrogen-bond donors (Lipinski definition) is 1. The molecule has 3 heterocycles. The van der Waals surface area contributed by atoms with Crippen LogP contribution in [0.3, 0.4) is 0 Å². The highest BCUT2D eigenvalue weighted by atomic mass is 35.5. The molecule has 0 aliphatic heterocycles. The minimum Gasteiger partial charge on any atom is -0.497 e. The lowest BCUT2D eigenvalue weighted by atomic mass is 10.2. The topological polar surface area (TPSA) is 85.7 Å². The molecule has 0 radical (unpaired) electrons. The number of para-hydroxylation sites is 2. The van der Waals surface area contributed by atoms with E-state index in [2.05, 4.69) is 4.98 Å². The van der Waals surface area contributed by atoms with Crippen molar-refractivity contribution in [2.45, 2.75) is 0 Å². The number of methoxy groups -OCH3 is 1. The molecule has 0 unspecified atom stereocenters. The maximum absolute atomic E-state index is 13.3. The highest BCUT2D eigenvalue weighted by molar-refractivity contribution is 6.33. The second-order valence-corrected chi connectivity index (χ2v) is 7.92. The summed E-state index contributed by atoms with van der Waals surface area (Å²) in [6, 6.07) is 22.3. The van der Waals surface area contributed by atoms with Crippen molar-refractivity contribution in [2.24, 2.45) is 0 Å². The molecule has 0 aliphatic carbocycles. The summed E-state index contributed by atoms with van der Waals surface area (Å²) in [6.07, 6.45) is 0. The smallest absolute Gasteiger partial charge is 0.262 e. The average molecular weight is 454 g/mol. The van der Waals surface area contributed by atoms with Crippen LogP contribution in [0, 0.1) is 0 Å². The molecule has 0 amide bonds. The van der Waals surface area contributed by atoms with Gasteiger partial charge in [0.05, 0.1) is 23.2 Å². The number of halogens is 1. The molecule has 0 atom stereocenters. The Labute approximate surface area is 192 Å². The van der Waals surface area contributed by atoms with E-state index in [1.165, 1.54) is 0 Å². The Hall–Kier alpha value is -4.23. The largest absolute Gasteiger partial charge is 0.497 e. The first kappa shape index (κ1) is 19.5. The number of aromatic amines is 1. The summed E-state index contributed by atoms with van der Waals surface area (Å²) < 4.78 is 7.15. The molecule has 6 rings (SSSR count). The molecule has 3 aromatic heterocycles. The fourth-order valence-electron chi connectivity index (χ4n) is 4.01. The van der Waals surface area contributed by atoms with E-state index in [1.807, 2.05) is 71.3 Å². The number of benzene rings is 3. The van der Waals surface area contributed by atoms with Gasteiger partial charge >= 0.3 is 0 Å². The van der Waals surface area contributed by atoms with Gasteiger partial charge in [-0.3, -0.25) is 9.36 Å². The first-order valence-electron chi connectivity index (χ1n) is 10.2. The van der Waals surface area contributed by atoms with Gasteiger partial charge in [0.1, 0.15) is 22.5 Å². The molecule has 6 aromatic rings. The molecule has 8 heteroatoms. The molecule has 0 spiro atoms. The summed E-state index contributed by atoms with van der Waals surface area (Å²) in [4.78, 5) is 30.7. The van der Waals surface area contributed by atoms with E-state index in [9.17, 15) is 4.79 Å². The van der Waals surface area contributed by atoms with Crippen LogP contribution in [0.2, 0.25) is 5.02 Å². The van der Waals surface area contributed by atoms with Gasteiger partial charge in [-0.2, -0.15) is 0 Å². The van der Waals surface area contributed by atoms with Crippen molar-refractivity contribution in [1.82, 2.24) is 24.5 Å². The van der Waals surface area contributed by atoms with Gasteiger partial charge in [0, 0.05) is 11.3 Å². The van der Waals surface area contributed by atoms with Gasteiger partial charge in [-0.25, -0.2) is 15.0 Å². The van der Waals surface area contributed by atoms with Crippen molar-refractivity contribution in [1.29, 1.82) is 0 Å². The fourth-order valence-corrected chi connectivity index (χ4v) is 4.23. The number of aromatic nitrogens is 5. The van der Waals surface area contributed by atoms with E-state index in [-0.39, 0.29) is 5.56 Å². The molecule has 33 heavy (non-hydrogen) atoms. The molecule has 160 valence electrons. The number of rotatable bonds is 3. The SMILES string of the molecule is COc1ccc(-n2c3nc4ccccc4nc3c3c(=O)[nH]c(-c4ccccc4Cl)nc32)cc1. The Balaban J connectivity index is 1.77. The maximum atomic E-state index is 13.3. The van der Waals surface area contributed by atoms with Crippen LogP contribution >= 0.6 is 11.6 Å². The standard InChI is InChI=1S/C25H16ClN5O2/c1-33-15-12-10-14(11-13-15)31-23-20(21-24(31)28-19-9-5-4-8-18(19)27-21)25(32)30-22(29-23)16-6-2-3-7-17(16)26/h2-13H,1H3,(H,29,30,32). The zero-order valence-electron chi connectivity index (χ0n) is 17.4. The normalized spacial score (nSPS) is 11.5. The van der Waals surface area contributed by atoms with E-state index < -0.39 is 0 Å². The molecule has 0 bridgehead atoms. The van der Waals surface area contributed by atoms with Gasteiger partial charge in [-0.1, -0.05) is 35.9 Å². The number of fused-ring (bicyclic) bond motifs is 4. The van der Waals surface area contributed by atoms with Crippen LogP contribution < -0.4 is 10.3 Å². The number of nitrogens with zero attached hydrogens (tertiary/aromatic N) is 4. The first-order chi connectivity index (χ1) is 16.1. The lowest BCUT2D eigenvalue weighted by Crippen LogP contribution is -2.10. The highest BCUT2D eigenvalue weighted by Crippen LogP contribution is 2.31. The Morgan fingerprint density at radius 2 is 1.55 bits per heavy atom. The third kappa shape index (κ3) is 3.05. The summed E-state index contributed by atoms with van der Waals surface area (Å²) in [7, 11) is 1.62. The van der Waals surface area contributed by atoms with Crippen molar-refractivity contribution < 1.29 is 4.74 Å². The van der Waals surface area contributed by atoms with Crippen molar-refractivity contribution in [3.05, 3.63) is 88.2 Å². The summed E-state index contributed by atoms with van der Waals surface area (Å²) in [6.45, 7) is 0. The summed E-state index contributed by atoms with van der Waals surface area (Å²) in [5.74, 6) is 1.10. The zero-order valence-corrected chi connectivity index (χ0v) is 18.2. The van der Waals surface area contributed by atoms with Crippen molar-refractivity contribution in [2.75, 3.05) is 7.11 Å². The molecule has 0 aliphatic rings. The van der Waals surface area contributed by atoms with Gasteiger partial charge in [-0.15, -0.1) is 0 Å². The fraction of sp³-hybridized carbons (Fsp3) is 0.0400. The molecule has 7 nitrogen and oxygen atoms in total. The van der Waals surface area contributed by atoms with E-state index in [0.29, 0.717) is 44.1 Å². The summed E-state index contributed by atoms with van der Waals surface area (Å²) >= 11 is 6.39. The van der Waals surface area contributed by atoms with Crippen molar-refractivity contribution >= 4 is 44.8 Å². The Kier molecular flexibility index (Phi) is 4.38. The van der Waals surface area contributed by atoms with Crippen LogP contribution in [0.1, 0.15) is 0 Å². The van der Waals surface area contributed by atoms with E-state index in [0.717, 1.165) is 17.0 Å². The minimum absolute atomic E-state index is 0.309. The average Bonchev–Trinajstić information content (AvgIpc) is 3.16. The van der Waals surface area contributed by atoms with E-state index in [1.54, 1.807) is 13.2 Å². The molecular weight excluding hydrogens is 438 g/mol. The maximum Gasteiger partial charge on any atom is 0.262 e. The number of hydrogen-bond acceptors (Lipinski definition) is 5. The Morgan fingerprint density at radius 3 is 2.27 bits per heavy atom. The molecule has 1 N–H and O–H groups in total. The van der Waals surface area contributed by atoms with Gasteiger partial charge in [0.25, 0.3) is 5.56 Å². The van der Waals surface area contributed by atoms with Crippen LogP contribution in [0.25, 0.3) is 50.3 Å². The molecule has 0 fully saturated rings. The lowest BCUT2D eigenvalue weighted by molar-refractivity contribution is 0.415. The van der Waals surface area contributed by atoms with E-state index >= 15 is 0 Å². The molecular formula is C25H16ClN5O2. The van der Waals surface area contributed by atoms with Gasteiger partial charge in [0.2, 0.25) is 0 Å². The van der Waals surface area contributed by atoms with Gasteiger partial charge < -0.3 is 9.72 Å². The minimum atomic E-state index is -0.309. The monoisotopic (exact) mass is 453 g/mol. The van der Waals surface area contributed by atoms with Gasteiger partial charge in [0.15, 0.2) is 11.3 Å². The summed E-state index contributed by atoms with van der Waals surface area (Å²) in [5, 5.41) is 0.865. The van der Waals surface area contributed by atoms with Crippen LogP contribution in [0.15, 0.2) is 77.6 Å². The first-order valence-corrected chi connectivity index (χ1v) is 10.6. The van der Waals surface area contributed by atoms with Crippen molar-refractivity contribution in [3.8, 4) is 22.8 Å². The zero-order chi connectivity index (χ0) is 22.5. The number of nitrogens with one attached hydrogen (secondary N) is 1. The highest BCUT2D eigenvalue weighted by Gasteiger charge is 2.21. The number of ether oxygens (including phenoxy) is 1. The predicted molar refractivity (Wildman–Crippen MR) is 129 cm³/mol. The molecule has 0 saturated carbocycles. The quantitative estimate of drug-likeness (QED) is 0.401. The second kappa shape index (κ2) is 7.43. The Morgan fingerprint density at radius 1 is 0.848 bits per heavy atom. The Bertz CT molecular complexity index is 1740. The second-order valence-electron chi connectivity index (χ2n) is 7.51. The lowest BCUT2D eigenvalue weighted by Gasteiger charge is -2.09. The third-order valence-corrected chi connectivity index (χ3v) is 5.90. The third-order valence-electron chi connectivity index (χ3n) is 5.57. The van der Waals surface area contributed by atoms with E-state index in [4.69, 9.17) is 31.3 Å². The van der Waals surface area contributed by atoms with Gasteiger partial charge in [-0.05, 0) is 48.5 Å². The predicted octanol–water partition coefficient (Wildman–Crippen LogP) is 5.14. The molecule has 3 aromatic carbocycles. The summed E-state index contributed by atoms with van der Waals surface area (Å²) in [5.41, 5.74) is 4.01. The number of H-pyrrole nitrogens is 1. The van der Waals surface area contributed by atoms with Crippen molar-refractivity contribution in [3.63, 3.8) is 0 Å². The molecule has 0 saturated heterocycles. The van der Waals surface area contributed by atoms with Crippen LogP contribution in [0.4, 0.5) is 0 Å². The van der Waals surface area contributed by atoms with Crippen LogP contribution in [-0.2, 0) is 0 Å². The van der Waals surface area contributed by atoms with Crippen LogP contribution in [0.5, 0.6) is 5.75 Å².